The first-order valence-electron chi connectivity index (χ1n) is 8.50. The molecule has 3 aromatic heterocycles. The Bertz CT molecular complexity index is 837. The van der Waals surface area contributed by atoms with Crippen LogP contribution in [0, 0.1) is 0 Å². The molecule has 0 radical (unpaired) electrons. The fourth-order valence-corrected chi connectivity index (χ4v) is 4.21. The van der Waals surface area contributed by atoms with Gasteiger partial charge >= 0.3 is 0 Å². The Kier molecular flexibility index (Phi) is 5.06. The first kappa shape index (κ1) is 16.6. The van der Waals surface area contributed by atoms with Gasteiger partial charge in [-0.25, -0.2) is 4.98 Å². The molecule has 0 aliphatic carbocycles. The molecule has 1 N–H and O–H groups in total. The zero-order valence-electron chi connectivity index (χ0n) is 13.7. The summed E-state index contributed by atoms with van der Waals surface area (Å²) < 4.78 is 0. The van der Waals surface area contributed by atoms with Gasteiger partial charge < -0.3 is 5.32 Å². The van der Waals surface area contributed by atoms with Gasteiger partial charge in [0.2, 0.25) is 0 Å². The van der Waals surface area contributed by atoms with Crippen molar-refractivity contribution in [3.05, 3.63) is 75.2 Å². The smallest absolute Gasteiger partial charge is 0.0984 e. The van der Waals surface area contributed by atoms with Crippen molar-refractivity contribution in [3.8, 4) is 0 Å². The topological polar surface area (TPSA) is 50.7 Å². The van der Waals surface area contributed by atoms with E-state index in [0.29, 0.717) is 0 Å². The lowest BCUT2D eigenvalue weighted by atomic mass is 9.94. The molecule has 2 atom stereocenters. The van der Waals surface area contributed by atoms with E-state index in [2.05, 4.69) is 33.5 Å². The Morgan fingerprint density at radius 1 is 1.08 bits per heavy atom. The fraction of sp³-hybridized carbons (Fsp3) is 0.316. The largest absolute Gasteiger partial charge is 0.300 e. The van der Waals surface area contributed by atoms with Crippen LogP contribution >= 0.6 is 22.9 Å². The summed E-state index contributed by atoms with van der Waals surface area (Å²) in [4.78, 5) is 13.7. The van der Waals surface area contributed by atoms with Crippen LogP contribution in [0.1, 0.15) is 53.4 Å². The van der Waals surface area contributed by atoms with E-state index in [-0.39, 0.29) is 12.1 Å². The second-order valence-corrected chi connectivity index (χ2v) is 7.62. The highest BCUT2D eigenvalue weighted by Crippen LogP contribution is 2.33. The van der Waals surface area contributed by atoms with Crippen LogP contribution in [0.4, 0.5) is 0 Å². The minimum Gasteiger partial charge on any atom is -0.300 e. The van der Waals surface area contributed by atoms with Crippen molar-refractivity contribution in [1.29, 1.82) is 0 Å². The third kappa shape index (κ3) is 3.89. The Morgan fingerprint density at radius 2 is 2.00 bits per heavy atom. The van der Waals surface area contributed by atoms with Crippen LogP contribution in [-0.4, -0.2) is 15.0 Å². The molecule has 1 saturated heterocycles. The molecule has 0 amide bonds. The Morgan fingerprint density at radius 3 is 2.84 bits per heavy atom. The molecular weight excluding hydrogens is 352 g/mol. The predicted octanol–water partition coefficient (Wildman–Crippen LogP) is 4.73. The molecule has 1 fully saturated rings. The molecule has 4 nitrogen and oxygen atoms in total. The molecule has 6 heteroatoms. The highest BCUT2D eigenvalue weighted by molar-refractivity contribution is 7.09. The normalized spacial score (nSPS) is 20.5. The first-order chi connectivity index (χ1) is 12.3. The molecule has 4 rings (SSSR count). The number of aromatic nitrogens is 3. The standard InChI is InChI=1S/C19H19ClN4S/c20-14-5-3-9-22-19(14)17-8-2-7-16(24-17)15-6-1-4-13(23-15)12-18-21-10-11-25-18/h1,3-6,9-11,16-17,24H,2,7-8,12H2/t16-,17+/m1/s1. The number of hydrogen-bond acceptors (Lipinski definition) is 5. The molecule has 1 aliphatic rings. The number of pyridine rings is 2. The number of hydrogen-bond donors (Lipinski definition) is 1. The van der Waals surface area contributed by atoms with Crippen LogP contribution in [0.2, 0.25) is 5.02 Å². The van der Waals surface area contributed by atoms with Crippen LogP contribution in [0.5, 0.6) is 0 Å². The molecule has 25 heavy (non-hydrogen) atoms. The van der Waals surface area contributed by atoms with Crippen LogP contribution in [0.25, 0.3) is 0 Å². The van der Waals surface area contributed by atoms with Crippen molar-refractivity contribution in [2.24, 2.45) is 0 Å². The maximum atomic E-state index is 6.33. The fourth-order valence-electron chi connectivity index (χ4n) is 3.32. The molecule has 4 heterocycles. The zero-order chi connectivity index (χ0) is 17.1. The summed E-state index contributed by atoms with van der Waals surface area (Å²) in [5, 5.41) is 7.52. The van der Waals surface area contributed by atoms with Gasteiger partial charge in [-0.2, -0.15) is 0 Å². The zero-order valence-corrected chi connectivity index (χ0v) is 15.3. The maximum Gasteiger partial charge on any atom is 0.0984 e. The number of halogens is 1. The Balaban J connectivity index is 1.52. The minimum absolute atomic E-state index is 0.178. The van der Waals surface area contributed by atoms with Gasteiger partial charge in [-0.1, -0.05) is 17.7 Å². The van der Waals surface area contributed by atoms with E-state index in [9.17, 15) is 0 Å². The van der Waals surface area contributed by atoms with Crippen molar-refractivity contribution in [3.63, 3.8) is 0 Å². The SMILES string of the molecule is Clc1cccnc1[C@@H]1CCC[C@H](c2cccc(Cc3nccs3)n2)N1. The average Bonchev–Trinajstić information content (AvgIpc) is 3.15. The van der Waals surface area contributed by atoms with E-state index in [1.807, 2.05) is 23.7 Å². The third-order valence-electron chi connectivity index (χ3n) is 4.51. The van der Waals surface area contributed by atoms with Crippen molar-refractivity contribution in [1.82, 2.24) is 20.3 Å². The lowest BCUT2D eigenvalue weighted by molar-refractivity contribution is 0.321. The number of thiazole rings is 1. The molecule has 128 valence electrons. The van der Waals surface area contributed by atoms with Gasteiger partial charge in [-0.15, -0.1) is 11.3 Å². The maximum absolute atomic E-state index is 6.33. The van der Waals surface area contributed by atoms with E-state index in [1.165, 1.54) is 0 Å². The molecule has 0 aromatic carbocycles. The first-order valence-corrected chi connectivity index (χ1v) is 9.76. The molecule has 0 unspecified atom stereocenters. The Labute approximate surface area is 156 Å². The van der Waals surface area contributed by atoms with Gasteiger partial charge in [-0.3, -0.25) is 9.97 Å². The Hall–Kier alpha value is -1.82. The lowest BCUT2D eigenvalue weighted by Gasteiger charge is -2.31. The number of nitrogens with one attached hydrogen (secondary N) is 1. The molecular formula is C19H19ClN4S. The summed E-state index contributed by atoms with van der Waals surface area (Å²) in [6.45, 7) is 0. The summed E-state index contributed by atoms with van der Waals surface area (Å²) in [5.41, 5.74) is 3.09. The summed E-state index contributed by atoms with van der Waals surface area (Å²) in [5.74, 6) is 0. The van der Waals surface area contributed by atoms with Gasteiger partial charge in [0.25, 0.3) is 0 Å². The van der Waals surface area contributed by atoms with Gasteiger partial charge in [0.1, 0.15) is 0 Å². The number of piperidine rings is 1. The summed E-state index contributed by atoms with van der Waals surface area (Å²) in [6, 6.07) is 10.4. The summed E-state index contributed by atoms with van der Waals surface area (Å²) >= 11 is 8.00. The third-order valence-corrected chi connectivity index (χ3v) is 5.61. The van der Waals surface area contributed by atoms with Gasteiger partial charge in [0, 0.05) is 35.9 Å². The van der Waals surface area contributed by atoms with E-state index in [1.54, 1.807) is 17.5 Å². The second kappa shape index (κ2) is 7.60. The van der Waals surface area contributed by atoms with Gasteiger partial charge in [0.05, 0.1) is 27.5 Å². The van der Waals surface area contributed by atoms with Crippen LogP contribution in [-0.2, 0) is 6.42 Å². The van der Waals surface area contributed by atoms with Gasteiger partial charge in [-0.05, 0) is 43.5 Å². The minimum atomic E-state index is 0.178. The van der Waals surface area contributed by atoms with Crippen molar-refractivity contribution >= 4 is 22.9 Å². The van der Waals surface area contributed by atoms with E-state index >= 15 is 0 Å². The molecule has 1 aliphatic heterocycles. The van der Waals surface area contributed by atoms with E-state index in [4.69, 9.17) is 16.6 Å². The predicted molar refractivity (Wildman–Crippen MR) is 101 cm³/mol. The summed E-state index contributed by atoms with van der Waals surface area (Å²) in [6.07, 6.45) is 7.69. The van der Waals surface area contributed by atoms with Gasteiger partial charge in [0.15, 0.2) is 0 Å². The monoisotopic (exact) mass is 370 g/mol. The van der Waals surface area contributed by atoms with Crippen LogP contribution < -0.4 is 5.32 Å². The highest BCUT2D eigenvalue weighted by Gasteiger charge is 2.26. The second-order valence-electron chi connectivity index (χ2n) is 6.23. The molecule has 0 spiro atoms. The lowest BCUT2D eigenvalue weighted by Crippen LogP contribution is -2.32. The van der Waals surface area contributed by atoms with E-state index < -0.39 is 0 Å². The van der Waals surface area contributed by atoms with Crippen molar-refractivity contribution in [2.75, 3.05) is 0 Å². The van der Waals surface area contributed by atoms with E-state index in [0.717, 1.165) is 52.8 Å². The molecule has 0 saturated carbocycles. The molecule has 3 aromatic rings. The summed E-state index contributed by atoms with van der Waals surface area (Å²) in [7, 11) is 0. The quantitative estimate of drug-likeness (QED) is 0.721. The highest BCUT2D eigenvalue weighted by atomic mass is 35.5. The van der Waals surface area contributed by atoms with Crippen LogP contribution in [0.3, 0.4) is 0 Å². The number of rotatable bonds is 4. The average molecular weight is 371 g/mol. The molecule has 0 bridgehead atoms. The van der Waals surface area contributed by atoms with Crippen molar-refractivity contribution in [2.45, 2.75) is 37.8 Å². The van der Waals surface area contributed by atoms with Crippen molar-refractivity contribution < 1.29 is 0 Å². The van der Waals surface area contributed by atoms with Crippen LogP contribution in [0.15, 0.2) is 48.1 Å². The number of nitrogens with zero attached hydrogens (tertiary/aromatic N) is 3.